The van der Waals surface area contributed by atoms with Crippen LogP contribution in [0, 0.1) is 0 Å². The molecule has 0 aliphatic rings. The van der Waals surface area contributed by atoms with Gasteiger partial charge >= 0.3 is 8.32 Å². The molecule has 0 spiro atoms. The third kappa shape index (κ3) is 2.88. The van der Waals surface area contributed by atoms with Gasteiger partial charge in [0.1, 0.15) is 0 Å². The Morgan fingerprint density at radius 3 is 0.962 bits per heavy atom. The lowest BCUT2D eigenvalue weighted by molar-refractivity contribution is 0.147. The van der Waals surface area contributed by atoms with E-state index in [4.69, 9.17) is 13.3 Å². The zero-order valence-electron chi connectivity index (χ0n) is 15.4. The van der Waals surface area contributed by atoms with Crippen molar-refractivity contribution in [2.45, 2.75) is 0 Å². The van der Waals surface area contributed by atoms with Crippen LogP contribution < -0.4 is 15.6 Å². The standard InChI is InChI=1S/C21H24O3Si2/c1-22-26(23-2,24-3)25(19-13-7-4-8-14-19,20-15-9-5-10-16-20)21-17-11-6-12-18-21/h4-18H,1-3H3. The molecule has 0 aliphatic carbocycles. The van der Waals surface area contributed by atoms with Gasteiger partial charge in [-0.1, -0.05) is 91.0 Å². The normalized spacial score (nSPS) is 12.1. The minimum Gasteiger partial charge on any atom is -0.379 e. The van der Waals surface area contributed by atoms with Gasteiger partial charge in [0, 0.05) is 21.3 Å². The molecule has 3 nitrogen and oxygen atoms in total. The van der Waals surface area contributed by atoms with Gasteiger partial charge in [0.2, 0.25) is 7.59 Å². The topological polar surface area (TPSA) is 27.7 Å². The van der Waals surface area contributed by atoms with Gasteiger partial charge in [-0.15, -0.1) is 0 Å². The molecule has 0 saturated carbocycles. The molecule has 3 aromatic rings. The summed E-state index contributed by atoms with van der Waals surface area (Å²) in [6.45, 7) is 0. The second-order valence-corrected chi connectivity index (χ2v) is 15.7. The smallest absolute Gasteiger partial charge is 0.379 e. The zero-order chi connectivity index (χ0) is 18.5. The molecule has 3 rings (SSSR count). The summed E-state index contributed by atoms with van der Waals surface area (Å²) >= 11 is 0. The zero-order valence-corrected chi connectivity index (χ0v) is 17.4. The van der Waals surface area contributed by atoms with Gasteiger partial charge in [0.25, 0.3) is 0 Å². The molecule has 0 heterocycles. The van der Waals surface area contributed by atoms with Crippen LogP contribution in [0.5, 0.6) is 0 Å². The van der Waals surface area contributed by atoms with Gasteiger partial charge in [-0.05, 0) is 15.6 Å². The highest BCUT2D eigenvalue weighted by Gasteiger charge is 2.65. The maximum atomic E-state index is 6.12. The summed E-state index contributed by atoms with van der Waals surface area (Å²) < 4.78 is 18.4. The first-order valence-corrected chi connectivity index (χ1v) is 13.3. The fraction of sp³-hybridized carbons (Fsp3) is 0.143. The highest BCUT2D eigenvalue weighted by atomic mass is 29.3. The van der Waals surface area contributed by atoms with Crippen molar-refractivity contribution < 1.29 is 13.3 Å². The second-order valence-electron chi connectivity index (χ2n) is 6.02. The Labute approximate surface area is 157 Å². The highest BCUT2D eigenvalue weighted by Crippen LogP contribution is 2.22. The molecule has 0 N–H and O–H groups in total. The van der Waals surface area contributed by atoms with Crippen LogP contribution in [0.4, 0.5) is 0 Å². The largest absolute Gasteiger partial charge is 0.485 e. The van der Waals surface area contributed by atoms with E-state index >= 15 is 0 Å². The monoisotopic (exact) mass is 380 g/mol. The van der Waals surface area contributed by atoms with E-state index in [-0.39, 0.29) is 0 Å². The molecule has 0 unspecified atom stereocenters. The van der Waals surface area contributed by atoms with Crippen molar-refractivity contribution in [1.82, 2.24) is 0 Å². The average Bonchev–Trinajstić information content (AvgIpc) is 2.74. The Balaban J connectivity index is 2.47. The van der Waals surface area contributed by atoms with Crippen molar-refractivity contribution in [1.29, 1.82) is 0 Å². The van der Waals surface area contributed by atoms with E-state index in [1.807, 2.05) is 18.2 Å². The lowest BCUT2D eigenvalue weighted by Gasteiger charge is -2.43. The van der Waals surface area contributed by atoms with Crippen LogP contribution in [-0.4, -0.2) is 37.2 Å². The molecule has 0 fully saturated rings. The fourth-order valence-corrected chi connectivity index (χ4v) is 16.8. The van der Waals surface area contributed by atoms with Crippen LogP contribution in [0.25, 0.3) is 0 Å². The predicted octanol–water partition coefficient (Wildman–Crippen LogP) is 2.11. The molecular formula is C21H24O3Si2. The fourth-order valence-electron chi connectivity index (χ4n) is 3.80. The molecule has 0 aromatic heterocycles. The Bertz CT molecular complexity index is 702. The summed E-state index contributed by atoms with van der Waals surface area (Å²) in [4.78, 5) is 0. The van der Waals surface area contributed by atoms with Crippen LogP contribution in [0.1, 0.15) is 0 Å². The van der Waals surface area contributed by atoms with Crippen LogP contribution in [0.2, 0.25) is 0 Å². The molecule has 0 saturated heterocycles. The molecule has 26 heavy (non-hydrogen) atoms. The summed E-state index contributed by atoms with van der Waals surface area (Å²) in [5, 5.41) is 3.65. The second kappa shape index (κ2) is 8.11. The highest BCUT2D eigenvalue weighted by molar-refractivity contribution is 7.51. The third-order valence-electron chi connectivity index (χ3n) is 4.89. The molecular weight excluding hydrogens is 356 g/mol. The van der Waals surface area contributed by atoms with E-state index in [1.165, 1.54) is 15.6 Å². The number of hydrogen-bond donors (Lipinski definition) is 0. The maximum absolute atomic E-state index is 6.12. The number of benzene rings is 3. The van der Waals surface area contributed by atoms with E-state index in [2.05, 4.69) is 72.8 Å². The van der Waals surface area contributed by atoms with Crippen molar-refractivity contribution in [2.75, 3.05) is 21.3 Å². The van der Waals surface area contributed by atoms with Gasteiger partial charge in [-0.25, -0.2) is 0 Å². The van der Waals surface area contributed by atoms with Crippen molar-refractivity contribution in [3.05, 3.63) is 91.0 Å². The quantitative estimate of drug-likeness (QED) is 0.464. The first kappa shape index (κ1) is 18.8. The maximum Gasteiger partial charge on any atom is 0.485 e. The van der Waals surface area contributed by atoms with Gasteiger partial charge in [0.05, 0.1) is 0 Å². The average molecular weight is 381 g/mol. The van der Waals surface area contributed by atoms with E-state index in [0.717, 1.165) is 0 Å². The Morgan fingerprint density at radius 1 is 0.462 bits per heavy atom. The minimum absolute atomic E-state index is 1.22. The Kier molecular flexibility index (Phi) is 5.85. The first-order chi connectivity index (χ1) is 12.7. The third-order valence-corrected chi connectivity index (χ3v) is 18.2. The van der Waals surface area contributed by atoms with Gasteiger partial charge < -0.3 is 13.3 Å². The van der Waals surface area contributed by atoms with Crippen LogP contribution in [-0.2, 0) is 13.3 Å². The Morgan fingerprint density at radius 2 is 0.731 bits per heavy atom. The van der Waals surface area contributed by atoms with Crippen LogP contribution in [0.15, 0.2) is 91.0 Å². The number of hydrogen-bond acceptors (Lipinski definition) is 3. The lowest BCUT2D eigenvalue weighted by Crippen LogP contribution is -2.85. The van der Waals surface area contributed by atoms with Gasteiger partial charge in [0.15, 0.2) is 0 Å². The van der Waals surface area contributed by atoms with E-state index in [9.17, 15) is 0 Å². The van der Waals surface area contributed by atoms with Crippen molar-refractivity contribution in [2.24, 2.45) is 0 Å². The lowest BCUT2D eigenvalue weighted by atomic mass is 10.3. The minimum atomic E-state index is -3.08. The SMILES string of the molecule is CO[Si](OC)(OC)[Si](c1ccccc1)(c1ccccc1)c1ccccc1. The molecule has 5 heteroatoms. The van der Waals surface area contributed by atoms with Crippen LogP contribution >= 0.6 is 0 Å². The summed E-state index contributed by atoms with van der Waals surface area (Å²) in [6.07, 6.45) is 0. The summed E-state index contributed by atoms with van der Waals surface area (Å²) in [7, 11) is -0.700. The van der Waals surface area contributed by atoms with E-state index in [1.54, 1.807) is 21.3 Å². The molecule has 134 valence electrons. The Hall–Kier alpha value is -2.03. The summed E-state index contributed by atoms with van der Waals surface area (Å²) in [6, 6.07) is 31.6. The van der Waals surface area contributed by atoms with Crippen molar-refractivity contribution in [3.63, 3.8) is 0 Å². The van der Waals surface area contributed by atoms with Crippen molar-refractivity contribution in [3.8, 4) is 0 Å². The molecule has 0 bridgehead atoms. The number of rotatable bonds is 7. The van der Waals surface area contributed by atoms with E-state index in [0.29, 0.717) is 0 Å². The van der Waals surface area contributed by atoms with Crippen LogP contribution in [0.3, 0.4) is 0 Å². The molecule has 0 atom stereocenters. The van der Waals surface area contributed by atoms with Gasteiger partial charge in [-0.3, -0.25) is 0 Å². The molecule has 0 radical (unpaired) electrons. The molecule has 0 aliphatic heterocycles. The van der Waals surface area contributed by atoms with E-state index < -0.39 is 15.9 Å². The van der Waals surface area contributed by atoms with Crippen molar-refractivity contribution >= 4 is 31.5 Å². The summed E-state index contributed by atoms with van der Waals surface area (Å²) in [5.74, 6) is 0. The predicted molar refractivity (Wildman–Crippen MR) is 111 cm³/mol. The molecule has 3 aromatic carbocycles. The summed E-state index contributed by atoms with van der Waals surface area (Å²) in [5.41, 5.74) is 0. The first-order valence-electron chi connectivity index (χ1n) is 8.57. The molecule has 0 amide bonds. The van der Waals surface area contributed by atoms with Gasteiger partial charge in [-0.2, -0.15) is 0 Å².